The minimum absolute atomic E-state index is 0. The van der Waals surface area contributed by atoms with Crippen LogP contribution in [0.3, 0.4) is 0 Å². The number of benzene rings is 13. The largest absolute Gasteiger partial charge is 0.488 e. The minimum atomic E-state index is 0. The number of nitrogens with zero attached hydrogens (tertiary/aromatic N) is 26. The van der Waals surface area contributed by atoms with Crippen LogP contribution in [0.4, 0.5) is 0 Å². The maximum absolute atomic E-state index is 5.74. The molecule has 0 saturated carbocycles. The van der Waals surface area contributed by atoms with E-state index in [4.69, 9.17) is 8.83 Å². The average Bonchev–Trinajstić information content (AvgIpc) is 1.36. The zero-order chi connectivity index (χ0) is 95.0. The molecule has 23 rings (SSSR count). The quantitative estimate of drug-likeness (QED) is 0.0861. The molecule has 0 spiro atoms. The number of fused-ring (bicyclic) bond motifs is 5. The number of tetrazole rings is 5. The molecule has 0 fully saturated rings. The molecule has 0 aliphatic carbocycles. The summed E-state index contributed by atoms with van der Waals surface area (Å²) in [4.78, 5) is 22.8. The number of hydrogen-bond donors (Lipinski definition) is 0. The summed E-state index contributed by atoms with van der Waals surface area (Å²) in [6, 6.07) is 93.9. The summed E-state index contributed by atoms with van der Waals surface area (Å²) in [5.74, 6) is 5.98. The van der Waals surface area contributed by atoms with Crippen molar-refractivity contribution in [2.24, 2.45) is 7.05 Å². The average molecular weight is 2800 g/mol. The van der Waals surface area contributed by atoms with E-state index in [1.54, 1.807) is 36.7 Å². The molecular weight excluding hydrogens is 2710 g/mol. The predicted octanol–water partition coefficient (Wildman–Crippen LogP) is 23.0. The van der Waals surface area contributed by atoms with Crippen LogP contribution in [0.2, 0.25) is 0 Å². The van der Waals surface area contributed by atoms with Gasteiger partial charge in [0.15, 0.2) is 11.8 Å². The SMILES string of the molecule is Cc1cc(C)c(-n2nnnc2-c2[c-]ccc3nc(C)oc23)c(C)c1.Cc1nc2c(-c3nnnn3-c3c(C(C)C)cccc3C(C)C)[c-]ccc2o1.Cc1nc2c(-c3nnnn3-c3c(C)cc(-c4ccccc4)cc3C)[c-]ccc2s1.Cc1nc2cc[c-]c(-c3nnnn3-c3c(-c4ccccc4)cccc3-c3ccccc3)c2n1C.Cc1nc2cc[c-]c(-c3nnnn3-c3c(C)cccc3C)c2s1.[Ir].[Ir].[Ir].[Ir].[Ir]. The maximum Gasteiger partial charge on any atom is 0.180 e. The molecule has 0 bridgehead atoms. The first-order valence-electron chi connectivity index (χ1n) is 44.6. The van der Waals surface area contributed by atoms with Crippen molar-refractivity contribution in [2.75, 3.05) is 0 Å². The Hall–Kier alpha value is -13.4. The molecule has 0 N–H and O–H groups in total. The minimum Gasteiger partial charge on any atom is -0.488 e. The van der Waals surface area contributed by atoms with Crippen LogP contribution in [0.25, 0.3) is 172 Å². The summed E-state index contributed by atoms with van der Waals surface area (Å²) >= 11 is 3.30. The molecule has 0 aliphatic heterocycles. The molecule has 0 unspecified atom stereocenters. The molecular formula is C107H91Ir5N26O2S2-5. The van der Waals surface area contributed by atoms with Gasteiger partial charge in [-0.3, -0.25) is 19.9 Å². The van der Waals surface area contributed by atoms with Crippen molar-refractivity contribution in [3.63, 3.8) is 0 Å². The fraction of sp³-hybridized carbons (Fsp3) is 0.178. The first-order valence-corrected chi connectivity index (χ1v) is 46.2. The number of para-hydroxylation sites is 3. The zero-order valence-electron chi connectivity index (χ0n) is 80.0. The van der Waals surface area contributed by atoms with Crippen LogP contribution in [0.5, 0.6) is 0 Å². The van der Waals surface area contributed by atoms with E-state index in [0.29, 0.717) is 69.5 Å². The van der Waals surface area contributed by atoms with Crippen LogP contribution < -0.4 is 0 Å². The molecule has 0 saturated heterocycles. The zero-order valence-corrected chi connectivity index (χ0v) is 93.6. The normalized spacial score (nSPS) is 11.0. The van der Waals surface area contributed by atoms with Crippen molar-refractivity contribution < 1.29 is 109 Å². The number of aromatic nitrogens is 26. The Labute approximate surface area is 894 Å². The Balaban J connectivity index is 0.000000141. The van der Waals surface area contributed by atoms with Crippen molar-refractivity contribution in [1.82, 2.24) is 131 Å². The van der Waals surface area contributed by atoms with E-state index in [0.717, 1.165) is 165 Å². The Morgan fingerprint density at radius 1 is 0.317 bits per heavy atom. The summed E-state index contributed by atoms with van der Waals surface area (Å²) < 4.78 is 24.6. The summed E-state index contributed by atoms with van der Waals surface area (Å²) in [5.41, 5.74) is 32.4. The standard InChI is InChI=1S/C28H21N6.C23H18N5S.C21H22N5O.C18H16N5O.C17H14N5S.5Ir/c1-19-29-25-18-10-17-24(27(25)33(19)2)28-30-31-32-34(28)26-22(20-11-5-3-6-12-20)15-9-16-23(26)21-13-7-4-8-14-21;1-14-12-18(17-8-5-4-6-9-17)13-15(2)22(14)28-23(25-26-27-28)19-10-7-11-20-21(19)24-16(3)29-20;1-12(2)15-8-6-9-16(13(3)4)20(15)26-21(23-24-25-26)17-10-7-11-18-19(17)22-14(5)27-18;1-10-8-11(2)16(12(3)9-10)23-18(20-21-22-23)14-6-5-7-15-17(14)24-13(4)19-15;1-10-6-4-7-11(2)15(10)22-17(19-20-21-22)13-8-5-9-14-16(13)23-12(3)18-14;;;;;/h3-16,18H,1-2H3;4-9,11-13H,1-3H3;6-9,11-13H,1-5H3;5,7-9H,1-4H3;4-7,9H,1-3H3;;;;;/q5*-1;;;;;. The molecule has 5 radical (unpaired) electrons. The third kappa shape index (κ3) is 21.0. The number of oxazole rings is 2. The molecule has 23 aromatic rings. The van der Waals surface area contributed by atoms with Crippen LogP contribution in [0, 0.1) is 113 Å². The molecule has 0 aliphatic rings. The Morgan fingerprint density at radius 3 is 1.27 bits per heavy atom. The number of thiazole rings is 2. The van der Waals surface area contributed by atoms with Gasteiger partial charge in [-0.1, -0.05) is 225 Å². The molecule has 10 heterocycles. The van der Waals surface area contributed by atoms with Crippen LogP contribution in [-0.4, -0.2) is 131 Å². The summed E-state index contributed by atoms with van der Waals surface area (Å²) in [7, 11) is 2.00. The number of rotatable bonds is 15. The molecule has 28 nitrogen and oxygen atoms in total. The van der Waals surface area contributed by atoms with Crippen molar-refractivity contribution in [2.45, 2.75) is 123 Å². The van der Waals surface area contributed by atoms with Gasteiger partial charge in [0.25, 0.3) is 0 Å². The fourth-order valence-corrected chi connectivity index (χ4v) is 19.4. The summed E-state index contributed by atoms with van der Waals surface area (Å²) in [6.07, 6.45) is 0. The first-order chi connectivity index (χ1) is 66.5. The summed E-state index contributed by atoms with van der Waals surface area (Å²) in [5, 5.41) is 65.0. The monoisotopic (exact) mass is 2800 g/mol. The molecule has 723 valence electrons. The second kappa shape index (κ2) is 45.3. The van der Waals surface area contributed by atoms with Gasteiger partial charge in [-0.05, 0) is 233 Å². The molecule has 13 aromatic carbocycles. The van der Waals surface area contributed by atoms with Gasteiger partial charge in [0, 0.05) is 155 Å². The van der Waals surface area contributed by atoms with E-state index in [2.05, 4.69) is 335 Å². The third-order valence-electron chi connectivity index (χ3n) is 23.6. The number of hydrogen-bond acceptors (Lipinski definition) is 24. The Kier molecular flexibility index (Phi) is 33.3. The van der Waals surface area contributed by atoms with E-state index in [1.165, 1.54) is 27.8 Å². The number of aryl methyl sites for hydroxylation is 13. The van der Waals surface area contributed by atoms with Gasteiger partial charge in [-0.25, -0.2) is 28.4 Å². The van der Waals surface area contributed by atoms with Gasteiger partial charge in [0.1, 0.15) is 29.1 Å². The topological polar surface area (TPSA) is 314 Å². The van der Waals surface area contributed by atoms with Gasteiger partial charge in [0.2, 0.25) is 0 Å². The molecule has 0 atom stereocenters. The summed E-state index contributed by atoms with van der Waals surface area (Å²) in [6.45, 7) is 32.9. The second-order valence-corrected chi connectivity index (χ2v) is 36.4. The van der Waals surface area contributed by atoms with Crippen molar-refractivity contribution in [3.8, 4) is 119 Å². The van der Waals surface area contributed by atoms with Crippen molar-refractivity contribution >= 4 is 76.3 Å². The van der Waals surface area contributed by atoms with E-state index in [-0.39, 0.29) is 101 Å². The smallest absolute Gasteiger partial charge is 0.180 e. The second-order valence-electron chi connectivity index (χ2n) is 33.9. The Morgan fingerprint density at radius 2 is 0.725 bits per heavy atom. The molecule has 10 aromatic heterocycles. The Bertz CT molecular complexity index is 8260. The van der Waals surface area contributed by atoms with Gasteiger partial charge in [-0.2, -0.15) is 36.8 Å². The van der Waals surface area contributed by atoms with E-state index < -0.39 is 0 Å². The van der Waals surface area contributed by atoms with E-state index >= 15 is 0 Å². The van der Waals surface area contributed by atoms with Crippen LogP contribution in [-0.2, 0) is 108 Å². The van der Waals surface area contributed by atoms with Crippen LogP contribution in [0.15, 0.2) is 239 Å². The van der Waals surface area contributed by atoms with Gasteiger partial charge >= 0.3 is 0 Å². The van der Waals surface area contributed by atoms with Crippen LogP contribution in [0.1, 0.15) is 117 Å². The maximum atomic E-state index is 5.74. The fourth-order valence-electron chi connectivity index (χ4n) is 17.6. The van der Waals surface area contributed by atoms with Crippen molar-refractivity contribution in [1.29, 1.82) is 0 Å². The van der Waals surface area contributed by atoms with Gasteiger partial charge < -0.3 is 13.4 Å². The predicted molar refractivity (Wildman–Crippen MR) is 534 cm³/mol. The van der Waals surface area contributed by atoms with Gasteiger partial charge in [-0.15, -0.1) is 96.3 Å². The van der Waals surface area contributed by atoms with E-state index in [9.17, 15) is 0 Å². The van der Waals surface area contributed by atoms with Crippen LogP contribution >= 0.6 is 22.7 Å². The molecule has 142 heavy (non-hydrogen) atoms. The first kappa shape index (κ1) is 104. The third-order valence-corrected chi connectivity index (χ3v) is 25.6. The van der Waals surface area contributed by atoms with Gasteiger partial charge in [0.05, 0.1) is 55.4 Å². The number of imidazole rings is 1. The molecule has 0 amide bonds. The molecule has 35 heteroatoms. The van der Waals surface area contributed by atoms with Crippen molar-refractivity contribution in [3.05, 3.63) is 339 Å². The van der Waals surface area contributed by atoms with E-state index in [1.807, 2.05) is 160 Å².